The average molecular weight is 440 g/mol. The summed E-state index contributed by atoms with van der Waals surface area (Å²) in [6, 6.07) is 10.9. The van der Waals surface area contributed by atoms with Crippen LogP contribution in [0.4, 0.5) is 0 Å². The van der Waals surface area contributed by atoms with Gasteiger partial charge >= 0.3 is 0 Å². The molecule has 1 N–H and O–H groups in total. The van der Waals surface area contributed by atoms with Crippen LogP contribution in [0.5, 0.6) is 11.5 Å². The standard InChI is InChI=1S/C23H25N3O4S/c1-29-19-8-6-15(11-20(19)30-2)7-9-21(27)24-23(31)25-12-16-10-17(14-25)18-4-3-5-22(28)26(18)13-16/h3-9,11,16-17H,10,12-14H2,1-2H3,(H,24,27,31)/t16-,17-/m1/s1. The molecule has 3 heterocycles. The van der Waals surface area contributed by atoms with E-state index in [-0.39, 0.29) is 17.4 Å². The van der Waals surface area contributed by atoms with E-state index in [9.17, 15) is 9.59 Å². The number of nitrogens with zero attached hydrogens (tertiary/aromatic N) is 2. The Kier molecular flexibility index (Phi) is 6.08. The van der Waals surface area contributed by atoms with E-state index in [0.29, 0.717) is 35.6 Å². The van der Waals surface area contributed by atoms with Crippen molar-refractivity contribution in [3.05, 3.63) is 64.1 Å². The van der Waals surface area contributed by atoms with Crippen LogP contribution in [-0.4, -0.2) is 47.8 Å². The lowest BCUT2D eigenvalue weighted by molar-refractivity contribution is -0.115. The zero-order valence-corrected chi connectivity index (χ0v) is 18.4. The van der Waals surface area contributed by atoms with Crippen LogP contribution in [-0.2, 0) is 11.3 Å². The fraction of sp³-hybridized carbons (Fsp3) is 0.348. The minimum Gasteiger partial charge on any atom is -0.493 e. The second-order valence-corrected chi connectivity index (χ2v) is 8.23. The van der Waals surface area contributed by atoms with Crippen molar-refractivity contribution >= 4 is 29.3 Å². The third-order valence-electron chi connectivity index (χ3n) is 5.83. The van der Waals surface area contributed by atoms with Gasteiger partial charge in [-0.3, -0.25) is 14.9 Å². The van der Waals surface area contributed by atoms with Gasteiger partial charge in [-0.25, -0.2) is 0 Å². The zero-order valence-electron chi connectivity index (χ0n) is 17.5. The van der Waals surface area contributed by atoms with Gasteiger partial charge in [0.2, 0.25) is 5.91 Å². The van der Waals surface area contributed by atoms with Gasteiger partial charge < -0.3 is 18.9 Å². The van der Waals surface area contributed by atoms with E-state index < -0.39 is 0 Å². The molecule has 2 atom stereocenters. The molecule has 2 aliphatic heterocycles. The second kappa shape index (κ2) is 8.93. The first-order valence-corrected chi connectivity index (χ1v) is 10.6. The molecule has 0 unspecified atom stereocenters. The highest BCUT2D eigenvalue weighted by Crippen LogP contribution is 2.35. The van der Waals surface area contributed by atoms with Crippen LogP contribution in [0.15, 0.2) is 47.3 Å². The highest BCUT2D eigenvalue weighted by Gasteiger charge is 2.35. The number of aromatic nitrogens is 1. The smallest absolute Gasteiger partial charge is 0.250 e. The summed E-state index contributed by atoms with van der Waals surface area (Å²) < 4.78 is 12.4. The maximum atomic E-state index is 12.4. The highest BCUT2D eigenvalue weighted by molar-refractivity contribution is 7.80. The second-order valence-electron chi connectivity index (χ2n) is 7.85. The van der Waals surface area contributed by atoms with Gasteiger partial charge in [0.25, 0.3) is 5.56 Å². The van der Waals surface area contributed by atoms with Crippen LogP contribution in [0.3, 0.4) is 0 Å². The maximum absolute atomic E-state index is 12.4. The summed E-state index contributed by atoms with van der Waals surface area (Å²) in [5, 5.41) is 3.22. The normalized spacial score (nSPS) is 19.6. The van der Waals surface area contributed by atoms with Crippen LogP contribution >= 0.6 is 12.2 Å². The summed E-state index contributed by atoms with van der Waals surface area (Å²) in [5.74, 6) is 1.51. The number of thiocarbonyl (C=S) groups is 1. The Bertz CT molecular complexity index is 1090. The molecule has 2 aliphatic rings. The van der Waals surface area contributed by atoms with Crippen LogP contribution in [0, 0.1) is 5.92 Å². The minimum atomic E-state index is -0.285. The first-order valence-electron chi connectivity index (χ1n) is 10.2. The highest BCUT2D eigenvalue weighted by atomic mass is 32.1. The topological polar surface area (TPSA) is 72.8 Å². The number of likely N-dealkylation sites (tertiary alicyclic amines) is 1. The molecule has 2 bridgehead atoms. The Labute approximate surface area is 186 Å². The summed E-state index contributed by atoms with van der Waals surface area (Å²) in [7, 11) is 3.15. The van der Waals surface area contributed by atoms with Gasteiger partial charge in [-0.05, 0) is 54.4 Å². The number of nitrogens with one attached hydrogen (secondary N) is 1. The predicted octanol–water partition coefficient (Wildman–Crippen LogP) is 2.40. The van der Waals surface area contributed by atoms with Crippen molar-refractivity contribution < 1.29 is 14.3 Å². The Morgan fingerprint density at radius 3 is 2.71 bits per heavy atom. The van der Waals surface area contributed by atoms with E-state index in [1.54, 1.807) is 38.5 Å². The van der Waals surface area contributed by atoms with E-state index in [0.717, 1.165) is 24.2 Å². The number of hydrogen-bond donors (Lipinski definition) is 1. The van der Waals surface area contributed by atoms with Crippen molar-refractivity contribution in [1.82, 2.24) is 14.8 Å². The fourth-order valence-electron chi connectivity index (χ4n) is 4.42. The van der Waals surface area contributed by atoms with E-state index in [1.165, 1.54) is 6.08 Å². The number of piperidine rings is 1. The van der Waals surface area contributed by atoms with Crippen molar-refractivity contribution in [2.75, 3.05) is 27.3 Å². The van der Waals surface area contributed by atoms with Crippen molar-refractivity contribution in [2.24, 2.45) is 5.92 Å². The van der Waals surface area contributed by atoms with Gasteiger partial charge in [-0.2, -0.15) is 0 Å². The average Bonchev–Trinajstić information content (AvgIpc) is 2.78. The molecule has 2 aromatic rings. The monoisotopic (exact) mass is 439 g/mol. The number of rotatable bonds is 4. The van der Waals surface area contributed by atoms with Crippen molar-refractivity contribution in [1.29, 1.82) is 0 Å². The number of fused-ring (bicyclic) bond motifs is 4. The SMILES string of the molecule is COc1ccc(C=CC(=O)NC(=S)N2C[C@H]3C[C@H](C2)c2cccc(=O)n2C3)cc1OC. The Balaban J connectivity index is 1.39. The zero-order chi connectivity index (χ0) is 22.0. The molecule has 1 aromatic carbocycles. The first-order chi connectivity index (χ1) is 15.0. The molecule has 7 nitrogen and oxygen atoms in total. The minimum absolute atomic E-state index is 0.0526. The summed E-state index contributed by atoms with van der Waals surface area (Å²) in [6.07, 6.45) is 4.19. The Hall–Kier alpha value is -3.13. The lowest BCUT2D eigenvalue weighted by Crippen LogP contribution is -2.52. The maximum Gasteiger partial charge on any atom is 0.250 e. The van der Waals surface area contributed by atoms with Gasteiger partial charge in [-0.15, -0.1) is 0 Å². The lowest BCUT2D eigenvalue weighted by atomic mass is 9.83. The number of amides is 1. The van der Waals surface area contributed by atoms with E-state index in [4.69, 9.17) is 21.7 Å². The number of pyridine rings is 1. The summed E-state index contributed by atoms with van der Waals surface area (Å²) in [4.78, 5) is 26.6. The lowest BCUT2D eigenvalue weighted by Gasteiger charge is -2.43. The Morgan fingerprint density at radius 2 is 1.94 bits per heavy atom. The first kappa shape index (κ1) is 21.1. The molecule has 0 aliphatic carbocycles. The van der Waals surface area contributed by atoms with Gasteiger partial charge in [-0.1, -0.05) is 12.1 Å². The largest absolute Gasteiger partial charge is 0.493 e. The molecule has 162 valence electrons. The number of carbonyl (C=O) groups is 1. The van der Waals surface area contributed by atoms with Crippen LogP contribution in [0.25, 0.3) is 6.08 Å². The van der Waals surface area contributed by atoms with E-state index in [1.807, 2.05) is 27.7 Å². The van der Waals surface area contributed by atoms with Crippen molar-refractivity contribution in [2.45, 2.75) is 18.9 Å². The molecule has 1 amide bonds. The van der Waals surface area contributed by atoms with Crippen LogP contribution in [0.2, 0.25) is 0 Å². The molecule has 0 radical (unpaired) electrons. The molecule has 4 rings (SSSR count). The van der Waals surface area contributed by atoms with Gasteiger partial charge in [0.1, 0.15) is 0 Å². The number of hydrogen-bond acceptors (Lipinski definition) is 5. The molecular weight excluding hydrogens is 414 g/mol. The van der Waals surface area contributed by atoms with Gasteiger partial charge in [0, 0.05) is 43.4 Å². The van der Waals surface area contributed by atoms with Crippen molar-refractivity contribution in [3.8, 4) is 11.5 Å². The van der Waals surface area contributed by atoms with Gasteiger partial charge in [0.15, 0.2) is 16.6 Å². The molecule has 1 saturated heterocycles. The molecule has 0 spiro atoms. The third-order valence-corrected chi connectivity index (χ3v) is 6.19. The van der Waals surface area contributed by atoms with Gasteiger partial charge in [0.05, 0.1) is 14.2 Å². The van der Waals surface area contributed by atoms with Crippen molar-refractivity contribution in [3.63, 3.8) is 0 Å². The summed E-state index contributed by atoms with van der Waals surface area (Å²) in [5.41, 5.74) is 1.92. The molecule has 8 heteroatoms. The quantitative estimate of drug-likeness (QED) is 0.583. The molecule has 31 heavy (non-hydrogen) atoms. The molecule has 1 fully saturated rings. The third kappa shape index (κ3) is 4.49. The molecule has 0 saturated carbocycles. The number of ether oxygens (including phenoxy) is 2. The van der Waals surface area contributed by atoms with E-state index in [2.05, 4.69) is 5.32 Å². The molecular formula is C23H25N3O4S. The van der Waals surface area contributed by atoms with Crippen LogP contribution < -0.4 is 20.3 Å². The summed E-state index contributed by atoms with van der Waals surface area (Å²) >= 11 is 5.51. The number of methoxy groups -OCH3 is 2. The fourth-order valence-corrected chi connectivity index (χ4v) is 4.67. The van der Waals surface area contributed by atoms with E-state index >= 15 is 0 Å². The van der Waals surface area contributed by atoms with Crippen LogP contribution in [0.1, 0.15) is 23.6 Å². The number of carbonyl (C=O) groups excluding carboxylic acids is 1. The molecule has 1 aromatic heterocycles. The number of benzene rings is 1. The predicted molar refractivity (Wildman–Crippen MR) is 122 cm³/mol. The Morgan fingerprint density at radius 1 is 1.13 bits per heavy atom. The summed E-state index contributed by atoms with van der Waals surface area (Å²) in [6.45, 7) is 2.12.